The Balaban J connectivity index is 3.37. The van der Waals surface area contributed by atoms with Crippen LogP contribution in [0.2, 0.25) is 0 Å². The predicted octanol–water partition coefficient (Wildman–Crippen LogP) is 2.88. The second kappa shape index (κ2) is 5.04. The van der Waals surface area contributed by atoms with Crippen LogP contribution in [0.15, 0.2) is 18.2 Å². The van der Waals surface area contributed by atoms with Crippen LogP contribution in [-0.2, 0) is 11.0 Å². The van der Waals surface area contributed by atoms with E-state index in [0.29, 0.717) is 0 Å². The number of aliphatic carboxylic acids is 1. The summed E-state index contributed by atoms with van der Waals surface area (Å²) in [6.45, 7) is 2.75. The Labute approximate surface area is 114 Å². The van der Waals surface area contributed by atoms with Crippen molar-refractivity contribution in [1.82, 2.24) is 0 Å². The van der Waals surface area contributed by atoms with E-state index < -0.39 is 28.8 Å². The van der Waals surface area contributed by atoms with Crippen molar-refractivity contribution < 1.29 is 23.1 Å². The number of hydrogen-bond acceptors (Lipinski definition) is 3. The fraction of sp³-hybridized carbons (Fsp3) is 0.385. The van der Waals surface area contributed by atoms with E-state index in [1.54, 1.807) is 0 Å². The average Bonchev–Trinajstić information content (AvgIpc) is 2.35. The minimum absolute atomic E-state index is 0.0729. The fourth-order valence-corrected chi connectivity index (χ4v) is 1.54. The van der Waals surface area contributed by atoms with Crippen LogP contribution >= 0.6 is 0 Å². The molecule has 0 aromatic heterocycles. The van der Waals surface area contributed by atoms with Crippen molar-refractivity contribution in [3.63, 3.8) is 0 Å². The lowest BCUT2D eigenvalue weighted by Crippen LogP contribution is -2.48. The van der Waals surface area contributed by atoms with Crippen molar-refractivity contribution in [1.29, 1.82) is 5.26 Å². The molecule has 0 heterocycles. The maximum absolute atomic E-state index is 12.8. The lowest BCUT2D eigenvalue weighted by molar-refractivity contribution is -0.142. The van der Waals surface area contributed by atoms with E-state index in [-0.39, 0.29) is 5.69 Å². The second-order valence-electron chi connectivity index (χ2n) is 4.76. The molecule has 1 aromatic rings. The summed E-state index contributed by atoms with van der Waals surface area (Å²) in [5.41, 5.74) is -2.88. The fourth-order valence-electron chi connectivity index (χ4n) is 1.54. The molecule has 0 saturated heterocycles. The van der Waals surface area contributed by atoms with Crippen LogP contribution in [-0.4, -0.2) is 23.7 Å². The molecule has 0 amide bonds. The SMILES string of the molecule is CN(c1ccc(C#N)c(C(F)(F)F)c1)C(C)(C)C(=O)O. The maximum atomic E-state index is 12.8. The highest BCUT2D eigenvalue weighted by Crippen LogP contribution is 2.35. The lowest BCUT2D eigenvalue weighted by atomic mass is 10.0. The van der Waals surface area contributed by atoms with Gasteiger partial charge in [-0.2, -0.15) is 18.4 Å². The summed E-state index contributed by atoms with van der Waals surface area (Å²) in [6, 6.07) is 4.58. The van der Waals surface area contributed by atoms with E-state index in [1.807, 2.05) is 0 Å². The normalized spacial score (nSPS) is 11.8. The third-order valence-corrected chi connectivity index (χ3v) is 3.18. The number of carboxylic acids is 1. The third kappa shape index (κ3) is 2.85. The molecule has 4 nitrogen and oxygen atoms in total. The first-order valence-corrected chi connectivity index (χ1v) is 5.60. The Morgan fingerprint density at radius 2 is 1.90 bits per heavy atom. The van der Waals surface area contributed by atoms with Gasteiger partial charge in [-0.1, -0.05) is 0 Å². The van der Waals surface area contributed by atoms with Crippen molar-refractivity contribution >= 4 is 11.7 Å². The minimum atomic E-state index is -4.67. The molecule has 0 unspecified atom stereocenters. The number of benzene rings is 1. The molecule has 0 atom stereocenters. The van der Waals surface area contributed by atoms with Crippen molar-refractivity contribution in [2.24, 2.45) is 0 Å². The van der Waals surface area contributed by atoms with Gasteiger partial charge in [0.05, 0.1) is 17.2 Å². The van der Waals surface area contributed by atoms with Gasteiger partial charge in [0.2, 0.25) is 0 Å². The number of nitriles is 1. The third-order valence-electron chi connectivity index (χ3n) is 3.18. The monoisotopic (exact) mass is 286 g/mol. The Hall–Kier alpha value is -2.23. The summed E-state index contributed by atoms with van der Waals surface area (Å²) >= 11 is 0. The van der Waals surface area contributed by atoms with E-state index in [9.17, 15) is 18.0 Å². The van der Waals surface area contributed by atoms with Crippen LogP contribution in [0.4, 0.5) is 18.9 Å². The zero-order valence-electron chi connectivity index (χ0n) is 11.1. The van der Waals surface area contributed by atoms with Crippen LogP contribution in [0.3, 0.4) is 0 Å². The van der Waals surface area contributed by atoms with E-state index in [2.05, 4.69) is 0 Å². The molecule has 1 aromatic carbocycles. The molecule has 0 spiro atoms. The highest BCUT2D eigenvalue weighted by molar-refractivity contribution is 5.82. The molecular formula is C13H13F3N2O2. The molecule has 0 fully saturated rings. The Morgan fingerprint density at radius 1 is 1.35 bits per heavy atom. The number of rotatable bonds is 3. The largest absolute Gasteiger partial charge is 0.480 e. The number of halogens is 3. The second-order valence-corrected chi connectivity index (χ2v) is 4.76. The van der Waals surface area contributed by atoms with Gasteiger partial charge in [0.15, 0.2) is 0 Å². The van der Waals surface area contributed by atoms with Crippen LogP contribution in [0.25, 0.3) is 0 Å². The van der Waals surface area contributed by atoms with Crippen LogP contribution in [0.1, 0.15) is 25.0 Å². The van der Waals surface area contributed by atoms with Gasteiger partial charge < -0.3 is 10.0 Å². The number of carbonyl (C=O) groups is 1. The minimum Gasteiger partial charge on any atom is -0.480 e. The van der Waals surface area contributed by atoms with Crippen molar-refractivity contribution in [2.45, 2.75) is 25.6 Å². The van der Waals surface area contributed by atoms with E-state index in [0.717, 1.165) is 12.1 Å². The molecule has 7 heteroatoms. The molecule has 108 valence electrons. The molecule has 0 saturated carbocycles. The van der Waals surface area contributed by atoms with Crippen molar-refractivity contribution in [3.05, 3.63) is 29.3 Å². The zero-order chi connectivity index (χ0) is 15.7. The summed E-state index contributed by atoms with van der Waals surface area (Å²) < 4.78 is 38.5. The average molecular weight is 286 g/mol. The summed E-state index contributed by atoms with van der Waals surface area (Å²) in [4.78, 5) is 12.3. The molecule has 0 aliphatic carbocycles. The molecule has 1 rings (SSSR count). The molecule has 20 heavy (non-hydrogen) atoms. The maximum Gasteiger partial charge on any atom is 0.417 e. The van der Waals surface area contributed by atoms with E-state index in [1.165, 1.54) is 37.9 Å². The molecule has 1 N–H and O–H groups in total. The highest BCUT2D eigenvalue weighted by atomic mass is 19.4. The van der Waals surface area contributed by atoms with E-state index in [4.69, 9.17) is 10.4 Å². The first-order valence-electron chi connectivity index (χ1n) is 5.60. The van der Waals surface area contributed by atoms with Gasteiger partial charge in [0.1, 0.15) is 5.54 Å². The van der Waals surface area contributed by atoms with Crippen LogP contribution in [0, 0.1) is 11.3 Å². The Morgan fingerprint density at radius 3 is 2.30 bits per heavy atom. The summed E-state index contributed by atoms with van der Waals surface area (Å²) in [7, 11) is 1.38. The molecule has 0 aliphatic rings. The van der Waals surface area contributed by atoms with Crippen molar-refractivity contribution in [3.8, 4) is 6.07 Å². The van der Waals surface area contributed by atoms with Gasteiger partial charge >= 0.3 is 12.1 Å². The van der Waals surface area contributed by atoms with Gasteiger partial charge in [0.25, 0.3) is 0 Å². The Kier molecular flexibility index (Phi) is 3.99. The van der Waals surface area contributed by atoms with Gasteiger partial charge in [-0.25, -0.2) is 4.79 Å². The smallest absolute Gasteiger partial charge is 0.417 e. The van der Waals surface area contributed by atoms with Crippen LogP contribution in [0.5, 0.6) is 0 Å². The van der Waals surface area contributed by atoms with Gasteiger partial charge in [-0.3, -0.25) is 0 Å². The molecular weight excluding hydrogens is 273 g/mol. The van der Waals surface area contributed by atoms with Gasteiger partial charge in [0, 0.05) is 12.7 Å². The number of anilines is 1. The number of hydrogen-bond donors (Lipinski definition) is 1. The summed E-state index contributed by atoms with van der Waals surface area (Å²) in [5, 5.41) is 17.8. The molecule has 0 aliphatic heterocycles. The number of nitrogens with zero attached hydrogens (tertiary/aromatic N) is 2. The quantitative estimate of drug-likeness (QED) is 0.928. The molecule has 0 bridgehead atoms. The van der Waals surface area contributed by atoms with Crippen LogP contribution < -0.4 is 4.90 Å². The topological polar surface area (TPSA) is 64.3 Å². The standard InChI is InChI=1S/C13H13F3N2O2/c1-12(2,11(19)20)18(3)9-5-4-8(7-17)10(6-9)13(14,15)16/h4-6H,1-3H3,(H,19,20). The number of alkyl halides is 3. The lowest BCUT2D eigenvalue weighted by Gasteiger charge is -2.33. The van der Waals surface area contributed by atoms with Gasteiger partial charge in [-0.15, -0.1) is 0 Å². The predicted molar refractivity (Wildman–Crippen MR) is 66.3 cm³/mol. The summed E-state index contributed by atoms with van der Waals surface area (Å²) in [5.74, 6) is -1.17. The Bertz CT molecular complexity index is 574. The first kappa shape index (κ1) is 15.8. The van der Waals surface area contributed by atoms with E-state index >= 15 is 0 Å². The number of likely N-dealkylation sites (N-methyl/N-ethyl adjacent to an activating group) is 1. The summed E-state index contributed by atoms with van der Waals surface area (Å²) in [6.07, 6.45) is -4.67. The first-order chi connectivity index (χ1) is 9.01. The number of carboxylic acid groups (broad SMARTS) is 1. The van der Waals surface area contributed by atoms with Gasteiger partial charge in [-0.05, 0) is 32.0 Å². The highest BCUT2D eigenvalue weighted by Gasteiger charge is 2.36. The molecule has 0 radical (unpaired) electrons. The van der Waals surface area contributed by atoms with Crippen molar-refractivity contribution in [2.75, 3.05) is 11.9 Å². The zero-order valence-corrected chi connectivity index (χ0v) is 11.1.